The molecule has 2 rings (SSSR count). The Bertz CT molecular complexity index is 647. The molecular formula is C12H16N4O2S. The van der Waals surface area contributed by atoms with Crippen molar-refractivity contribution in [3.05, 3.63) is 47.3 Å². The Hall–Kier alpha value is -1.70. The summed E-state index contributed by atoms with van der Waals surface area (Å²) in [6.07, 6.45) is 1.30. The van der Waals surface area contributed by atoms with E-state index in [1.165, 1.54) is 6.20 Å². The number of nitrogens with two attached hydrogens (primary N) is 1. The van der Waals surface area contributed by atoms with Crippen LogP contribution in [-0.2, 0) is 23.1 Å². The Morgan fingerprint density at radius 1 is 1.26 bits per heavy atom. The zero-order chi connectivity index (χ0) is 13.9. The highest BCUT2D eigenvalue weighted by Gasteiger charge is 2.17. The van der Waals surface area contributed by atoms with Crippen molar-refractivity contribution in [2.45, 2.75) is 24.9 Å². The van der Waals surface area contributed by atoms with Gasteiger partial charge in [-0.05, 0) is 18.1 Å². The topological polar surface area (TPSA) is 101 Å². The van der Waals surface area contributed by atoms with Gasteiger partial charge in [0.05, 0.1) is 11.9 Å². The van der Waals surface area contributed by atoms with E-state index in [0.29, 0.717) is 12.2 Å². The van der Waals surface area contributed by atoms with Crippen molar-refractivity contribution in [2.24, 2.45) is 5.73 Å². The van der Waals surface area contributed by atoms with Crippen LogP contribution in [0.25, 0.3) is 0 Å². The van der Waals surface area contributed by atoms with Gasteiger partial charge >= 0.3 is 0 Å². The van der Waals surface area contributed by atoms with E-state index < -0.39 is 10.0 Å². The minimum atomic E-state index is -3.53. The molecule has 0 aliphatic heterocycles. The number of nitrogens with one attached hydrogen (secondary N) is 2. The molecule has 0 spiro atoms. The first kappa shape index (κ1) is 13.7. The molecule has 102 valence electrons. The minimum Gasteiger partial charge on any atom is -0.326 e. The maximum Gasteiger partial charge on any atom is 0.244 e. The van der Waals surface area contributed by atoms with E-state index >= 15 is 0 Å². The average Bonchev–Trinajstić information content (AvgIpc) is 2.84. The standard InChI is InChI=1S/C12H16N4O2S/c1-9-12(8-14-16-9)19(17,18)15-7-11-4-2-10(6-13)3-5-11/h2-5,8,15H,6-7,13H2,1H3,(H,14,16). The third-order valence-corrected chi connectivity index (χ3v) is 4.31. The molecule has 0 unspecified atom stereocenters. The van der Waals surface area contributed by atoms with Crippen LogP contribution in [0, 0.1) is 6.92 Å². The molecule has 1 aromatic carbocycles. The Morgan fingerprint density at radius 2 is 1.89 bits per heavy atom. The average molecular weight is 280 g/mol. The first-order valence-electron chi connectivity index (χ1n) is 5.80. The molecule has 7 heteroatoms. The Morgan fingerprint density at radius 3 is 2.42 bits per heavy atom. The maximum atomic E-state index is 12.0. The molecule has 1 aromatic heterocycles. The molecule has 0 atom stereocenters. The molecule has 0 radical (unpaired) electrons. The summed E-state index contributed by atoms with van der Waals surface area (Å²) < 4.78 is 26.6. The van der Waals surface area contributed by atoms with Gasteiger partial charge < -0.3 is 5.73 Å². The second kappa shape index (κ2) is 5.52. The molecule has 0 bridgehead atoms. The van der Waals surface area contributed by atoms with E-state index in [9.17, 15) is 8.42 Å². The number of aromatic amines is 1. The fraction of sp³-hybridized carbons (Fsp3) is 0.250. The van der Waals surface area contributed by atoms with Gasteiger partial charge in [-0.2, -0.15) is 5.10 Å². The van der Waals surface area contributed by atoms with E-state index in [4.69, 9.17) is 5.73 Å². The quantitative estimate of drug-likeness (QED) is 0.748. The van der Waals surface area contributed by atoms with Crippen LogP contribution in [0.2, 0.25) is 0 Å². The summed E-state index contributed by atoms with van der Waals surface area (Å²) in [5, 5.41) is 6.31. The molecule has 4 N–H and O–H groups in total. The van der Waals surface area contributed by atoms with E-state index in [2.05, 4.69) is 14.9 Å². The van der Waals surface area contributed by atoms with Crippen LogP contribution < -0.4 is 10.5 Å². The zero-order valence-corrected chi connectivity index (χ0v) is 11.4. The summed E-state index contributed by atoms with van der Waals surface area (Å²) in [6, 6.07) is 7.47. The van der Waals surface area contributed by atoms with Gasteiger partial charge in [0.1, 0.15) is 4.90 Å². The third kappa shape index (κ3) is 3.19. The van der Waals surface area contributed by atoms with Crippen molar-refractivity contribution >= 4 is 10.0 Å². The lowest BCUT2D eigenvalue weighted by Gasteiger charge is -2.06. The number of nitrogens with zero attached hydrogens (tertiary/aromatic N) is 1. The fourth-order valence-corrected chi connectivity index (χ4v) is 2.81. The van der Waals surface area contributed by atoms with Crippen molar-refractivity contribution < 1.29 is 8.42 Å². The molecule has 0 saturated carbocycles. The van der Waals surface area contributed by atoms with Crippen molar-refractivity contribution in [1.29, 1.82) is 0 Å². The van der Waals surface area contributed by atoms with Crippen LogP contribution in [0.15, 0.2) is 35.4 Å². The normalized spacial score (nSPS) is 11.7. The molecule has 19 heavy (non-hydrogen) atoms. The van der Waals surface area contributed by atoms with Gasteiger partial charge in [0, 0.05) is 13.1 Å². The number of aryl methyl sites for hydroxylation is 1. The number of benzene rings is 1. The first-order chi connectivity index (χ1) is 9.03. The largest absolute Gasteiger partial charge is 0.326 e. The summed E-state index contributed by atoms with van der Waals surface area (Å²) in [5.74, 6) is 0. The van der Waals surface area contributed by atoms with Gasteiger partial charge in [0.25, 0.3) is 0 Å². The lowest BCUT2D eigenvalue weighted by Crippen LogP contribution is -2.23. The summed E-state index contributed by atoms with van der Waals surface area (Å²) in [4.78, 5) is 0.172. The van der Waals surface area contributed by atoms with Crippen LogP contribution in [0.4, 0.5) is 0 Å². The summed E-state index contributed by atoms with van der Waals surface area (Å²) in [6.45, 7) is 2.37. The van der Waals surface area contributed by atoms with Gasteiger partial charge in [-0.3, -0.25) is 5.10 Å². The second-order valence-electron chi connectivity index (χ2n) is 4.20. The van der Waals surface area contributed by atoms with Crippen LogP contribution in [-0.4, -0.2) is 18.6 Å². The molecule has 0 aliphatic rings. The Balaban J connectivity index is 2.07. The number of H-pyrrole nitrogens is 1. The van der Waals surface area contributed by atoms with Crippen molar-refractivity contribution in [3.63, 3.8) is 0 Å². The van der Waals surface area contributed by atoms with E-state index in [1.807, 2.05) is 24.3 Å². The number of hydrogen-bond donors (Lipinski definition) is 3. The lowest BCUT2D eigenvalue weighted by molar-refractivity contribution is 0.581. The SMILES string of the molecule is Cc1[nH]ncc1S(=O)(=O)NCc1ccc(CN)cc1. The molecule has 0 saturated heterocycles. The first-order valence-corrected chi connectivity index (χ1v) is 7.29. The number of sulfonamides is 1. The van der Waals surface area contributed by atoms with E-state index in [-0.39, 0.29) is 11.4 Å². The van der Waals surface area contributed by atoms with Crippen LogP contribution in [0.5, 0.6) is 0 Å². The lowest BCUT2D eigenvalue weighted by atomic mass is 10.1. The molecule has 2 aromatic rings. The monoisotopic (exact) mass is 280 g/mol. The van der Waals surface area contributed by atoms with Crippen LogP contribution in [0.1, 0.15) is 16.8 Å². The van der Waals surface area contributed by atoms with Crippen LogP contribution >= 0.6 is 0 Å². The second-order valence-corrected chi connectivity index (χ2v) is 5.94. The zero-order valence-electron chi connectivity index (χ0n) is 10.6. The van der Waals surface area contributed by atoms with E-state index in [0.717, 1.165) is 11.1 Å². The van der Waals surface area contributed by atoms with Gasteiger partial charge in [-0.1, -0.05) is 24.3 Å². The molecule has 0 aliphatic carbocycles. The molecule has 0 amide bonds. The minimum absolute atomic E-state index is 0.172. The van der Waals surface area contributed by atoms with Gasteiger partial charge in [-0.25, -0.2) is 13.1 Å². The van der Waals surface area contributed by atoms with Crippen molar-refractivity contribution in [3.8, 4) is 0 Å². The van der Waals surface area contributed by atoms with Crippen molar-refractivity contribution in [1.82, 2.24) is 14.9 Å². The molecule has 1 heterocycles. The summed E-state index contributed by atoms with van der Waals surface area (Å²) >= 11 is 0. The van der Waals surface area contributed by atoms with Crippen LogP contribution in [0.3, 0.4) is 0 Å². The third-order valence-electron chi connectivity index (χ3n) is 2.80. The van der Waals surface area contributed by atoms with Crippen molar-refractivity contribution in [2.75, 3.05) is 0 Å². The molecule has 6 nitrogen and oxygen atoms in total. The predicted molar refractivity (Wildman–Crippen MR) is 71.7 cm³/mol. The molecular weight excluding hydrogens is 264 g/mol. The number of aromatic nitrogens is 2. The Kier molecular flexibility index (Phi) is 3.98. The predicted octanol–water partition coefficient (Wildman–Crippen LogP) is 0.655. The summed E-state index contributed by atoms with van der Waals surface area (Å²) in [5.41, 5.74) is 7.91. The molecule has 0 fully saturated rings. The number of rotatable bonds is 5. The highest BCUT2D eigenvalue weighted by atomic mass is 32.2. The summed E-state index contributed by atoms with van der Waals surface area (Å²) in [7, 11) is -3.53. The van der Waals surface area contributed by atoms with Gasteiger partial charge in [0.15, 0.2) is 0 Å². The smallest absolute Gasteiger partial charge is 0.244 e. The van der Waals surface area contributed by atoms with Gasteiger partial charge in [0.2, 0.25) is 10.0 Å². The maximum absolute atomic E-state index is 12.0. The highest BCUT2D eigenvalue weighted by molar-refractivity contribution is 7.89. The highest BCUT2D eigenvalue weighted by Crippen LogP contribution is 2.12. The Labute approximate surface area is 112 Å². The van der Waals surface area contributed by atoms with Gasteiger partial charge in [-0.15, -0.1) is 0 Å². The number of hydrogen-bond acceptors (Lipinski definition) is 4. The van der Waals surface area contributed by atoms with E-state index in [1.54, 1.807) is 6.92 Å². The fourth-order valence-electron chi connectivity index (χ4n) is 1.66.